The third-order valence-corrected chi connectivity index (χ3v) is 29.8. The first kappa shape index (κ1) is 84.2. The molecule has 0 fully saturated rings. The van der Waals surface area contributed by atoms with Crippen molar-refractivity contribution in [3.8, 4) is 61.6 Å². The second-order valence-electron chi connectivity index (χ2n) is 38.0. The minimum Gasteiger partial charge on any atom is -0.356 e. The van der Waals surface area contributed by atoms with Gasteiger partial charge in [0.05, 0.1) is 43.9 Å². The molecule has 4 aliphatic carbocycles. The Labute approximate surface area is 825 Å². The minimum atomic E-state index is -0.421. The van der Waals surface area contributed by atoms with Gasteiger partial charge in [0.2, 0.25) is 0 Å². The number of fused-ring (bicyclic) bond motifs is 27. The Morgan fingerprint density at radius 1 is 0.162 bits per heavy atom. The van der Waals surface area contributed by atoms with Gasteiger partial charge in [-0.1, -0.05) is 390 Å². The molecule has 0 atom stereocenters. The van der Waals surface area contributed by atoms with Crippen LogP contribution in [0.3, 0.4) is 0 Å². The van der Waals surface area contributed by atoms with Crippen LogP contribution >= 0.6 is 0 Å². The summed E-state index contributed by atoms with van der Waals surface area (Å²) in [6.45, 7) is 4.65. The molecular formula is C135H97N7. The molecule has 0 amide bonds. The fourth-order valence-corrected chi connectivity index (χ4v) is 23.7. The quantitative estimate of drug-likeness (QED) is 0.0929. The fourth-order valence-electron chi connectivity index (χ4n) is 23.7. The highest BCUT2D eigenvalue weighted by atomic mass is 15.0. The molecule has 29 rings (SSSR count). The molecule has 0 unspecified atom stereocenters. The van der Waals surface area contributed by atoms with Crippen molar-refractivity contribution in [1.29, 1.82) is 0 Å². The lowest BCUT2D eigenvalue weighted by Crippen LogP contribution is -2.28. The van der Waals surface area contributed by atoms with E-state index in [4.69, 9.17) is 0 Å². The Balaban J connectivity index is 0.0000000986. The first-order chi connectivity index (χ1) is 70.2. The number of para-hydroxylation sites is 8. The number of aromatic nitrogens is 3. The Morgan fingerprint density at radius 3 is 0.852 bits per heavy atom. The van der Waals surface area contributed by atoms with E-state index >= 15 is 0 Å². The van der Waals surface area contributed by atoms with Crippen molar-refractivity contribution < 1.29 is 0 Å². The molecule has 25 aromatic rings. The van der Waals surface area contributed by atoms with Gasteiger partial charge in [-0.05, 0) is 263 Å². The number of hydrogen-bond acceptors (Lipinski definition) is 4. The zero-order chi connectivity index (χ0) is 94.4. The molecule has 22 aromatic carbocycles. The molecule has 4 N–H and O–H groups in total. The first-order valence-corrected chi connectivity index (χ1v) is 49.1. The summed E-state index contributed by atoms with van der Waals surface area (Å²) in [5.41, 5.74) is 42.8. The van der Waals surface area contributed by atoms with Crippen LogP contribution < -0.4 is 21.3 Å². The lowest BCUT2D eigenvalue weighted by Gasteiger charge is -2.34. The average molecular weight is 1820 g/mol. The maximum absolute atomic E-state index is 3.80. The second kappa shape index (κ2) is 34.7. The molecule has 0 saturated heterocycles. The molecule has 3 aromatic heterocycles. The van der Waals surface area contributed by atoms with Crippen molar-refractivity contribution >= 4 is 122 Å². The number of hydrogen-bond donors (Lipinski definition) is 4. The van der Waals surface area contributed by atoms with E-state index in [-0.39, 0.29) is 10.8 Å². The van der Waals surface area contributed by atoms with Crippen LogP contribution in [0.1, 0.15) is 69.5 Å². The third kappa shape index (κ3) is 13.9. The number of benzene rings is 22. The Bertz CT molecular complexity index is 9090. The summed E-state index contributed by atoms with van der Waals surface area (Å²) >= 11 is 0. The van der Waals surface area contributed by atoms with Crippen molar-refractivity contribution in [3.63, 3.8) is 0 Å². The topological polar surface area (TPSA) is 62.9 Å². The minimum absolute atomic E-state index is 0.00664. The summed E-state index contributed by atoms with van der Waals surface area (Å²) in [5, 5.41) is 24.8. The van der Waals surface area contributed by atoms with E-state index in [1.807, 2.05) is 18.2 Å². The highest BCUT2D eigenvalue weighted by Gasteiger charge is 2.53. The first-order valence-electron chi connectivity index (χ1n) is 49.1. The van der Waals surface area contributed by atoms with Crippen LogP contribution in [-0.2, 0) is 16.2 Å². The van der Waals surface area contributed by atoms with E-state index in [9.17, 15) is 0 Å². The average Bonchev–Trinajstić information content (AvgIpc) is 1.49. The van der Waals surface area contributed by atoms with Gasteiger partial charge in [-0.2, -0.15) is 0 Å². The van der Waals surface area contributed by atoms with Gasteiger partial charge in [0.25, 0.3) is 0 Å². The zero-order valence-electron chi connectivity index (χ0n) is 78.6. The number of nitrogens with one attached hydrogen (secondary N) is 4. The van der Waals surface area contributed by atoms with Gasteiger partial charge in [-0.25, -0.2) is 0 Å². The summed E-state index contributed by atoms with van der Waals surface area (Å²) in [7, 11) is 0. The van der Waals surface area contributed by atoms with Crippen LogP contribution in [-0.4, -0.2) is 13.7 Å². The lowest BCUT2D eigenvalue weighted by molar-refractivity contribution is 0.660. The van der Waals surface area contributed by atoms with E-state index in [2.05, 4.69) is 558 Å². The molecule has 3 heterocycles. The fraction of sp³-hybridized carbons (Fsp3) is 0.0370. The smallest absolute Gasteiger partial charge is 0.0726 e. The number of nitrogens with zero attached hydrogens (tertiary/aromatic N) is 3. The molecule has 672 valence electrons. The van der Waals surface area contributed by atoms with Crippen molar-refractivity contribution in [2.75, 3.05) is 21.3 Å². The highest BCUT2D eigenvalue weighted by Crippen LogP contribution is 2.65. The predicted octanol–water partition coefficient (Wildman–Crippen LogP) is 35.2. The van der Waals surface area contributed by atoms with Crippen molar-refractivity contribution in [3.05, 3.63) is 583 Å². The summed E-state index contributed by atoms with van der Waals surface area (Å²) in [5.74, 6) is 0. The van der Waals surface area contributed by atoms with E-state index < -0.39 is 5.41 Å². The molecule has 0 saturated carbocycles. The van der Waals surface area contributed by atoms with Crippen molar-refractivity contribution in [2.45, 2.75) is 30.1 Å². The van der Waals surface area contributed by atoms with Gasteiger partial charge < -0.3 is 35.0 Å². The standard InChI is InChI=1S/C43H30N2.C35H23N.C33H26N2.C24H18N2/c1-4-14-30(15-5-1)43(31-16-6-2-7-17-31)39-22-12-10-20-35(39)36-26-24-32(28-40(36)43)44-33-25-27-38-37-21-11-13-23-41(37)45(42(38)29-33)34-18-8-3-9-19-34;1-2-11-24(12-3-1)36-25-19-20-29-33(22-25)35(32-21-18-23-10-4-5-13-26(23)34(29)32)30-16-8-6-14-27(30)28-15-7-9-17-31(28)35;1-33(2)29-14-8-6-12-25(29)26-18-16-22(20-30(26)33)34-23-17-19-28-27-13-7-9-15-31(27)35(32(28)21-23)24-10-4-3-5-11-24;1-3-9-18(10-4-1)25-19-15-16-22-21-13-7-8-14-23(21)26(24(22)17-19)20-11-5-2-6-12-20/h1-29,44H;1-22,36H;3-21,34H,1-2H3;1-17,25H. The summed E-state index contributed by atoms with van der Waals surface area (Å²) in [6.07, 6.45) is 0. The molecule has 7 nitrogen and oxygen atoms in total. The van der Waals surface area contributed by atoms with Gasteiger partial charge in [0, 0.05) is 100 Å². The third-order valence-electron chi connectivity index (χ3n) is 29.8. The summed E-state index contributed by atoms with van der Waals surface area (Å²) in [6, 6.07) is 190. The van der Waals surface area contributed by atoms with Gasteiger partial charge in [0.15, 0.2) is 0 Å². The maximum Gasteiger partial charge on any atom is 0.0726 e. The number of anilines is 8. The van der Waals surface area contributed by atoms with Gasteiger partial charge in [-0.15, -0.1) is 0 Å². The van der Waals surface area contributed by atoms with E-state index in [0.29, 0.717) is 0 Å². The van der Waals surface area contributed by atoms with E-state index in [0.717, 1.165) is 51.2 Å². The van der Waals surface area contributed by atoms with Gasteiger partial charge >= 0.3 is 0 Å². The molecule has 7 heteroatoms. The Hall–Kier alpha value is -18.3. The SMILES string of the molecule is CC1(C)c2ccccc2-c2ccc(Nc3ccc4c5ccccc5n(-c5ccccc5)c4c3)cc21.c1ccc(-n2c3ccccc3c3ccc(Nc4ccc5c(c4)C(c4ccccc4)(c4ccccc4)c4ccccc4-5)cc32)cc1.c1ccc(Nc2ccc3c(c2)C2(c4ccccc4-c4ccccc42)c2ccc4ccccc4c2-3)cc1.c1ccc(Nc2ccc3c4ccccc4n(-c4ccccc4)c3c2)cc1. The van der Waals surface area contributed by atoms with E-state index in [1.54, 1.807) is 0 Å². The van der Waals surface area contributed by atoms with Crippen LogP contribution in [0, 0.1) is 0 Å². The Kier molecular flexibility index (Phi) is 20.6. The van der Waals surface area contributed by atoms with Crippen LogP contribution in [0.25, 0.3) is 138 Å². The normalized spacial score (nSPS) is 13.0. The highest BCUT2D eigenvalue weighted by molar-refractivity contribution is 6.14. The number of rotatable bonds is 13. The van der Waals surface area contributed by atoms with Gasteiger partial charge in [-0.3, -0.25) is 0 Å². The summed E-state index contributed by atoms with van der Waals surface area (Å²) < 4.78 is 7.06. The van der Waals surface area contributed by atoms with Crippen LogP contribution in [0.2, 0.25) is 0 Å². The predicted molar refractivity (Wildman–Crippen MR) is 596 cm³/mol. The zero-order valence-corrected chi connectivity index (χ0v) is 78.6. The Morgan fingerprint density at radius 2 is 0.437 bits per heavy atom. The maximum atomic E-state index is 3.80. The molecular weight excluding hydrogens is 1720 g/mol. The van der Waals surface area contributed by atoms with Crippen molar-refractivity contribution in [1.82, 2.24) is 13.7 Å². The van der Waals surface area contributed by atoms with Gasteiger partial charge in [0.1, 0.15) is 0 Å². The lowest BCUT2D eigenvalue weighted by atomic mass is 9.67. The molecule has 0 radical (unpaired) electrons. The largest absolute Gasteiger partial charge is 0.356 e. The van der Waals surface area contributed by atoms with Crippen LogP contribution in [0.4, 0.5) is 45.5 Å². The second-order valence-corrected chi connectivity index (χ2v) is 38.0. The molecule has 1 spiro atoms. The van der Waals surface area contributed by atoms with Crippen LogP contribution in [0.5, 0.6) is 0 Å². The van der Waals surface area contributed by atoms with Crippen LogP contribution in [0.15, 0.2) is 528 Å². The summed E-state index contributed by atoms with van der Waals surface area (Å²) in [4.78, 5) is 0. The van der Waals surface area contributed by atoms with Crippen molar-refractivity contribution in [2.24, 2.45) is 0 Å². The molecule has 0 bridgehead atoms. The van der Waals surface area contributed by atoms with E-state index in [1.165, 1.54) is 188 Å². The monoisotopic (exact) mass is 1820 g/mol. The molecule has 0 aliphatic heterocycles. The molecule has 142 heavy (non-hydrogen) atoms. The molecule has 4 aliphatic rings.